The van der Waals surface area contributed by atoms with Crippen molar-refractivity contribution in [2.75, 3.05) is 6.54 Å². The Labute approximate surface area is 80.1 Å². The summed E-state index contributed by atoms with van der Waals surface area (Å²) in [7, 11) is 0. The number of rotatable bonds is 2. The maximum atomic E-state index is 10.8. The number of amides is 1. The second-order valence-electron chi connectivity index (χ2n) is 3.98. The van der Waals surface area contributed by atoms with Gasteiger partial charge in [0.2, 0.25) is 0 Å². The summed E-state index contributed by atoms with van der Waals surface area (Å²) >= 11 is 0. The number of hydrogen-bond donors (Lipinski definition) is 1. The molecule has 72 valence electrons. The Morgan fingerprint density at radius 2 is 2.08 bits per heavy atom. The van der Waals surface area contributed by atoms with E-state index in [1.54, 1.807) is 0 Å². The third-order valence-corrected chi connectivity index (χ3v) is 2.82. The molecule has 0 saturated heterocycles. The van der Waals surface area contributed by atoms with Gasteiger partial charge in [-0.1, -0.05) is 19.8 Å². The number of carbonyl (C=O) groups is 1. The fourth-order valence-corrected chi connectivity index (χ4v) is 1.82. The SMILES string of the molecule is C#CC(=O)NCC1CCC(C)CC1. The molecule has 0 radical (unpaired) electrons. The summed E-state index contributed by atoms with van der Waals surface area (Å²) in [5.74, 6) is 3.29. The molecule has 0 bridgehead atoms. The van der Waals surface area contributed by atoms with Crippen molar-refractivity contribution in [1.82, 2.24) is 5.32 Å². The minimum atomic E-state index is -0.279. The molecular weight excluding hydrogens is 162 g/mol. The fraction of sp³-hybridized carbons (Fsp3) is 0.727. The lowest BCUT2D eigenvalue weighted by atomic mass is 9.83. The highest BCUT2D eigenvalue weighted by Gasteiger charge is 2.17. The summed E-state index contributed by atoms with van der Waals surface area (Å²) in [6.07, 6.45) is 9.98. The second-order valence-corrected chi connectivity index (χ2v) is 3.98. The van der Waals surface area contributed by atoms with Gasteiger partial charge >= 0.3 is 0 Å². The van der Waals surface area contributed by atoms with Gasteiger partial charge in [-0.25, -0.2) is 0 Å². The van der Waals surface area contributed by atoms with E-state index in [2.05, 4.69) is 18.2 Å². The molecular formula is C11H17NO. The average Bonchev–Trinajstić information content (AvgIpc) is 2.16. The minimum absolute atomic E-state index is 0.279. The van der Waals surface area contributed by atoms with Crippen LogP contribution in [0.3, 0.4) is 0 Å². The van der Waals surface area contributed by atoms with Crippen LogP contribution in [0.5, 0.6) is 0 Å². The van der Waals surface area contributed by atoms with Crippen LogP contribution in [0.15, 0.2) is 0 Å². The van der Waals surface area contributed by atoms with E-state index in [-0.39, 0.29) is 5.91 Å². The van der Waals surface area contributed by atoms with Crippen LogP contribution < -0.4 is 5.32 Å². The molecule has 13 heavy (non-hydrogen) atoms. The third kappa shape index (κ3) is 3.50. The first-order valence-electron chi connectivity index (χ1n) is 4.96. The summed E-state index contributed by atoms with van der Waals surface area (Å²) in [4.78, 5) is 10.8. The average molecular weight is 179 g/mol. The minimum Gasteiger partial charge on any atom is -0.345 e. The van der Waals surface area contributed by atoms with E-state index in [0.717, 1.165) is 12.5 Å². The molecule has 0 spiro atoms. The van der Waals surface area contributed by atoms with Crippen molar-refractivity contribution in [1.29, 1.82) is 0 Å². The van der Waals surface area contributed by atoms with Crippen LogP contribution in [-0.2, 0) is 4.79 Å². The summed E-state index contributed by atoms with van der Waals surface area (Å²) in [6.45, 7) is 3.05. The molecule has 0 aliphatic heterocycles. The molecule has 0 heterocycles. The smallest absolute Gasteiger partial charge is 0.295 e. The van der Waals surface area contributed by atoms with Crippen molar-refractivity contribution in [3.8, 4) is 12.3 Å². The topological polar surface area (TPSA) is 29.1 Å². The lowest BCUT2D eigenvalue weighted by molar-refractivity contribution is -0.115. The Bertz CT molecular complexity index is 209. The highest BCUT2D eigenvalue weighted by molar-refractivity contribution is 5.92. The van der Waals surface area contributed by atoms with Gasteiger partial charge in [-0.2, -0.15) is 0 Å². The van der Waals surface area contributed by atoms with Gasteiger partial charge in [-0.15, -0.1) is 6.42 Å². The molecule has 2 heteroatoms. The molecule has 1 amide bonds. The van der Waals surface area contributed by atoms with Gasteiger partial charge in [0.15, 0.2) is 0 Å². The number of hydrogen-bond acceptors (Lipinski definition) is 1. The first kappa shape index (κ1) is 10.1. The van der Waals surface area contributed by atoms with Crippen molar-refractivity contribution in [3.63, 3.8) is 0 Å². The van der Waals surface area contributed by atoms with Crippen LogP contribution in [0.1, 0.15) is 32.6 Å². The van der Waals surface area contributed by atoms with Gasteiger partial charge in [0, 0.05) is 6.54 Å². The van der Waals surface area contributed by atoms with Gasteiger partial charge in [0.25, 0.3) is 5.91 Å². The van der Waals surface area contributed by atoms with Crippen molar-refractivity contribution >= 4 is 5.91 Å². The van der Waals surface area contributed by atoms with E-state index in [4.69, 9.17) is 6.42 Å². The molecule has 1 N–H and O–H groups in total. The van der Waals surface area contributed by atoms with E-state index >= 15 is 0 Å². The van der Waals surface area contributed by atoms with E-state index in [1.165, 1.54) is 25.7 Å². The summed E-state index contributed by atoms with van der Waals surface area (Å²) in [5.41, 5.74) is 0. The van der Waals surface area contributed by atoms with Crippen molar-refractivity contribution < 1.29 is 4.79 Å². The first-order chi connectivity index (χ1) is 6.22. The van der Waals surface area contributed by atoms with E-state index in [0.29, 0.717) is 5.92 Å². The monoisotopic (exact) mass is 179 g/mol. The van der Waals surface area contributed by atoms with Crippen LogP contribution in [0.25, 0.3) is 0 Å². The molecule has 1 saturated carbocycles. The fourth-order valence-electron chi connectivity index (χ4n) is 1.82. The van der Waals surface area contributed by atoms with E-state index in [1.807, 2.05) is 0 Å². The molecule has 0 unspecified atom stereocenters. The molecule has 1 rings (SSSR count). The molecule has 0 aromatic rings. The Hall–Kier alpha value is -0.970. The van der Waals surface area contributed by atoms with E-state index < -0.39 is 0 Å². The second kappa shape index (κ2) is 4.91. The number of carbonyl (C=O) groups excluding carboxylic acids is 1. The summed E-state index contributed by atoms with van der Waals surface area (Å²) < 4.78 is 0. The number of terminal acetylenes is 1. The molecule has 0 aromatic carbocycles. The largest absolute Gasteiger partial charge is 0.345 e. The Balaban J connectivity index is 2.16. The van der Waals surface area contributed by atoms with Gasteiger partial charge in [0.1, 0.15) is 0 Å². The van der Waals surface area contributed by atoms with Crippen molar-refractivity contribution in [3.05, 3.63) is 0 Å². The van der Waals surface area contributed by atoms with Crippen LogP contribution >= 0.6 is 0 Å². The Morgan fingerprint density at radius 3 is 2.62 bits per heavy atom. The highest BCUT2D eigenvalue weighted by atomic mass is 16.1. The molecule has 1 aliphatic rings. The van der Waals surface area contributed by atoms with Gasteiger partial charge in [-0.05, 0) is 30.6 Å². The van der Waals surface area contributed by atoms with Gasteiger partial charge in [0.05, 0.1) is 0 Å². The lowest BCUT2D eigenvalue weighted by Crippen LogP contribution is -2.29. The Morgan fingerprint density at radius 1 is 1.46 bits per heavy atom. The molecule has 1 fully saturated rings. The molecule has 2 nitrogen and oxygen atoms in total. The van der Waals surface area contributed by atoms with Crippen LogP contribution in [-0.4, -0.2) is 12.5 Å². The Kier molecular flexibility index (Phi) is 3.82. The zero-order valence-corrected chi connectivity index (χ0v) is 8.18. The van der Waals surface area contributed by atoms with Gasteiger partial charge in [-0.3, -0.25) is 4.79 Å². The normalized spacial score (nSPS) is 27.7. The predicted molar refractivity (Wildman–Crippen MR) is 53.0 cm³/mol. The summed E-state index contributed by atoms with van der Waals surface area (Å²) in [6, 6.07) is 0. The quantitative estimate of drug-likeness (QED) is 0.640. The van der Waals surface area contributed by atoms with Crippen LogP contribution in [0.4, 0.5) is 0 Å². The summed E-state index contributed by atoms with van der Waals surface area (Å²) in [5, 5.41) is 2.74. The molecule has 0 aromatic heterocycles. The predicted octanol–water partition coefficient (Wildman–Crippen LogP) is 1.56. The zero-order valence-electron chi connectivity index (χ0n) is 8.18. The zero-order chi connectivity index (χ0) is 9.68. The number of nitrogens with one attached hydrogen (secondary N) is 1. The van der Waals surface area contributed by atoms with E-state index in [9.17, 15) is 4.79 Å². The maximum absolute atomic E-state index is 10.8. The van der Waals surface area contributed by atoms with Gasteiger partial charge < -0.3 is 5.32 Å². The lowest BCUT2D eigenvalue weighted by Gasteiger charge is -2.25. The highest BCUT2D eigenvalue weighted by Crippen LogP contribution is 2.27. The maximum Gasteiger partial charge on any atom is 0.295 e. The van der Waals surface area contributed by atoms with Crippen LogP contribution in [0, 0.1) is 24.2 Å². The molecule has 1 aliphatic carbocycles. The van der Waals surface area contributed by atoms with Crippen LogP contribution in [0.2, 0.25) is 0 Å². The van der Waals surface area contributed by atoms with Crippen molar-refractivity contribution in [2.24, 2.45) is 11.8 Å². The van der Waals surface area contributed by atoms with Crippen molar-refractivity contribution in [2.45, 2.75) is 32.6 Å². The third-order valence-electron chi connectivity index (χ3n) is 2.82. The molecule has 0 atom stereocenters. The first-order valence-corrected chi connectivity index (χ1v) is 4.96. The standard InChI is InChI=1S/C11H17NO/c1-3-11(13)12-8-10-6-4-9(2)5-7-10/h1,9-10H,4-8H2,2H3,(H,12,13).